The van der Waals surface area contributed by atoms with Gasteiger partial charge in [-0.15, -0.1) is 0 Å². The Morgan fingerprint density at radius 3 is 3.00 bits per heavy atom. The van der Waals surface area contributed by atoms with Crippen LogP contribution in [0.5, 0.6) is 0 Å². The number of fused-ring (bicyclic) bond motifs is 1. The fourth-order valence-corrected chi connectivity index (χ4v) is 2.16. The van der Waals surface area contributed by atoms with E-state index in [0.717, 1.165) is 22.2 Å². The zero-order chi connectivity index (χ0) is 14.8. The van der Waals surface area contributed by atoms with Crippen LogP contribution in [0.1, 0.15) is 23.4 Å². The van der Waals surface area contributed by atoms with Crippen molar-refractivity contribution in [1.82, 2.24) is 9.97 Å². The SMILES string of the molecule is O=C(O)CCC(=O)c1cc(-c2c[nH]c3ncccc23)co1. The summed E-state index contributed by atoms with van der Waals surface area (Å²) in [5, 5.41) is 9.52. The first-order valence-electron chi connectivity index (χ1n) is 6.41. The molecule has 0 radical (unpaired) electrons. The van der Waals surface area contributed by atoms with E-state index in [1.807, 2.05) is 12.1 Å². The zero-order valence-corrected chi connectivity index (χ0v) is 11.0. The van der Waals surface area contributed by atoms with Crippen LogP contribution in [0, 0.1) is 0 Å². The summed E-state index contributed by atoms with van der Waals surface area (Å²) in [5.41, 5.74) is 2.40. The third kappa shape index (κ3) is 2.55. The highest BCUT2D eigenvalue weighted by Gasteiger charge is 2.15. The van der Waals surface area contributed by atoms with E-state index in [1.165, 1.54) is 6.26 Å². The summed E-state index contributed by atoms with van der Waals surface area (Å²) in [6.45, 7) is 0. The van der Waals surface area contributed by atoms with Gasteiger partial charge in [-0.2, -0.15) is 0 Å². The number of aliphatic carboxylic acids is 1. The van der Waals surface area contributed by atoms with E-state index in [9.17, 15) is 9.59 Å². The third-order valence-corrected chi connectivity index (χ3v) is 3.20. The molecule has 0 atom stereocenters. The van der Waals surface area contributed by atoms with Crippen LogP contribution in [0.3, 0.4) is 0 Å². The molecule has 0 aromatic carbocycles. The molecule has 106 valence electrons. The zero-order valence-electron chi connectivity index (χ0n) is 11.0. The minimum Gasteiger partial charge on any atom is -0.481 e. The molecule has 0 fully saturated rings. The quantitative estimate of drug-likeness (QED) is 0.702. The lowest BCUT2D eigenvalue weighted by molar-refractivity contribution is -0.136. The van der Waals surface area contributed by atoms with Crippen molar-refractivity contribution in [3.8, 4) is 11.1 Å². The number of hydrogen-bond donors (Lipinski definition) is 2. The number of aromatic nitrogens is 2. The van der Waals surface area contributed by atoms with Gasteiger partial charge in [-0.1, -0.05) is 0 Å². The predicted molar refractivity (Wildman–Crippen MR) is 75.0 cm³/mol. The minimum absolute atomic E-state index is 0.0717. The highest BCUT2D eigenvalue weighted by Crippen LogP contribution is 2.29. The topological polar surface area (TPSA) is 96.2 Å². The van der Waals surface area contributed by atoms with Crippen LogP contribution in [0.2, 0.25) is 0 Å². The largest absolute Gasteiger partial charge is 0.481 e. The number of carbonyl (C=O) groups excluding carboxylic acids is 1. The van der Waals surface area contributed by atoms with Crippen molar-refractivity contribution in [1.29, 1.82) is 0 Å². The molecule has 3 aromatic heterocycles. The summed E-state index contributed by atoms with van der Waals surface area (Å²) in [5.74, 6) is -1.15. The predicted octanol–water partition coefficient (Wildman–Crippen LogP) is 2.87. The summed E-state index contributed by atoms with van der Waals surface area (Å²) in [7, 11) is 0. The first kappa shape index (κ1) is 13.1. The summed E-state index contributed by atoms with van der Waals surface area (Å²) in [6.07, 6.45) is 4.71. The van der Waals surface area contributed by atoms with Gasteiger partial charge in [0.1, 0.15) is 5.65 Å². The maximum absolute atomic E-state index is 11.8. The lowest BCUT2D eigenvalue weighted by Crippen LogP contribution is -2.02. The number of carbonyl (C=O) groups is 2. The van der Waals surface area contributed by atoms with Crippen molar-refractivity contribution in [2.75, 3.05) is 0 Å². The molecule has 0 spiro atoms. The Morgan fingerprint density at radius 2 is 2.19 bits per heavy atom. The van der Waals surface area contributed by atoms with Gasteiger partial charge in [0.15, 0.2) is 11.5 Å². The van der Waals surface area contributed by atoms with Gasteiger partial charge in [0, 0.05) is 35.3 Å². The molecule has 0 aliphatic heterocycles. The second kappa shape index (κ2) is 5.24. The van der Waals surface area contributed by atoms with Gasteiger partial charge in [0.2, 0.25) is 0 Å². The van der Waals surface area contributed by atoms with Crippen LogP contribution in [0.4, 0.5) is 0 Å². The Hall–Kier alpha value is -2.89. The van der Waals surface area contributed by atoms with Gasteiger partial charge in [-0.3, -0.25) is 9.59 Å². The Bertz CT molecular complexity index is 816. The number of carboxylic acids is 1. The van der Waals surface area contributed by atoms with Crippen molar-refractivity contribution in [2.45, 2.75) is 12.8 Å². The summed E-state index contributed by atoms with van der Waals surface area (Å²) in [6, 6.07) is 5.38. The molecule has 6 heteroatoms. The van der Waals surface area contributed by atoms with E-state index in [0.29, 0.717) is 0 Å². The van der Waals surface area contributed by atoms with Gasteiger partial charge in [-0.05, 0) is 18.2 Å². The first-order valence-corrected chi connectivity index (χ1v) is 6.41. The molecule has 0 amide bonds. The standard InChI is InChI=1S/C15H12N2O4/c18-12(3-4-14(19)20)13-6-9(8-21-13)11-7-17-15-10(11)2-1-5-16-15/h1-2,5-8H,3-4H2,(H,16,17)(H,19,20). The van der Waals surface area contributed by atoms with E-state index in [2.05, 4.69) is 9.97 Å². The van der Waals surface area contributed by atoms with Gasteiger partial charge in [0.25, 0.3) is 0 Å². The fraction of sp³-hybridized carbons (Fsp3) is 0.133. The number of carboxylic acid groups (broad SMARTS) is 1. The monoisotopic (exact) mass is 284 g/mol. The first-order chi connectivity index (χ1) is 10.1. The third-order valence-electron chi connectivity index (χ3n) is 3.20. The Balaban J connectivity index is 1.88. The number of pyridine rings is 1. The maximum atomic E-state index is 11.8. The number of aromatic amines is 1. The minimum atomic E-state index is -1.00. The molecule has 3 rings (SSSR count). The molecule has 0 bridgehead atoms. The maximum Gasteiger partial charge on any atom is 0.303 e. The molecule has 0 saturated heterocycles. The fourth-order valence-electron chi connectivity index (χ4n) is 2.16. The highest BCUT2D eigenvalue weighted by atomic mass is 16.4. The van der Waals surface area contributed by atoms with Crippen LogP contribution in [0.15, 0.2) is 41.3 Å². The van der Waals surface area contributed by atoms with Crippen LogP contribution < -0.4 is 0 Å². The van der Waals surface area contributed by atoms with E-state index < -0.39 is 5.97 Å². The van der Waals surface area contributed by atoms with Crippen molar-refractivity contribution in [3.63, 3.8) is 0 Å². The van der Waals surface area contributed by atoms with E-state index in [-0.39, 0.29) is 24.4 Å². The molecule has 3 aromatic rings. The average Bonchev–Trinajstić information content (AvgIpc) is 3.10. The Kier molecular flexibility index (Phi) is 3.27. The summed E-state index contributed by atoms with van der Waals surface area (Å²) >= 11 is 0. The molecule has 6 nitrogen and oxygen atoms in total. The smallest absolute Gasteiger partial charge is 0.303 e. The number of furan rings is 1. The molecular formula is C15H12N2O4. The van der Waals surface area contributed by atoms with Crippen LogP contribution in [-0.2, 0) is 4.79 Å². The summed E-state index contributed by atoms with van der Waals surface area (Å²) < 4.78 is 5.25. The Morgan fingerprint density at radius 1 is 1.33 bits per heavy atom. The number of hydrogen-bond acceptors (Lipinski definition) is 4. The van der Waals surface area contributed by atoms with Gasteiger partial charge < -0.3 is 14.5 Å². The molecule has 0 saturated carbocycles. The lowest BCUT2D eigenvalue weighted by atomic mass is 10.1. The van der Waals surface area contributed by atoms with Gasteiger partial charge in [-0.25, -0.2) is 4.98 Å². The Labute approximate surface area is 119 Å². The van der Waals surface area contributed by atoms with Crippen LogP contribution in [0.25, 0.3) is 22.2 Å². The normalized spacial score (nSPS) is 10.9. The van der Waals surface area contributed by atoms with Gasteiger partial charge >= 0.3 is 5.97 Å². The number of nitrogens with one attached hydrogen (secondary N) is 1. The molecule has 21 heavy (non-hydrogen) atoms. The number of rotatable bonds is 5. The lowest BCUT2D eigenvalue weighted by Gasteiger charge is -1.93. The molecular weight excluding hydrogens is 272 g/mol. The van der Waals surface area contributed by atoms with E-state index in [4.69, 9.17) is 9.52 Å². The molecule has 0 unspecified atom stereocenters. The number of ketones is 1. The molecule has 2 N–H and O–H groups in total. The summed E-state index contributed by atoms with van der Waals surface area (Å²) in [4.78, 5) is 29.5. The highest BCUT2D eigenvalue weighted by molar-refractivity contribution is 5.98. The second-order valence-electron chi connectivity index (χ2n) is 4.62. The van der Waals surface area contributed by atoms with E-state index in [1.54, 1.807) is 18.5 Å². The number of H-pyrrole nitrogens is 1. The number of nitrogens with zero attached hydrogens (tertiary/aromatic N) is 1. The van der Waals surface area contributed by atoms with Crippen LogP contribution in [-0.4, -0.2) is 26.8 Å². The van der Waals surface area contributed by atoms with Crippen molar-refractivity contribution < 1.29 is 19.1 Å². The van der Waals surface area contributed by atoms with Gasteiger partial charge in [0.05, 0.1) is 12.7 Å². The molecule has 0 aliphatic carbocycles. The molecule has 3 heterocycles. The molecule has 0 aliphatic rings. The van der Waals surface area contributed by atoms with Crippen LogP contribution >= 0.6 is 0 Å². The van der Waals surface area contributed by atoms with Crippen molar-refractivity contribution in [2.24, 2.45) is 0 Å². The van der Waals surface area contributed by atoms with Crippen molar-refractivity contribution in [3.05, 3.63) is 42.6 Å². The average molecular weight is 284 g/mol. The number of Topliss-reactive ketones (excluding diaryl/α,β-unsaturated/α-hetero) is 1. The van der Waals surface area contributed by atoms with Crippen molar-refractivity contribution >= 4 is 22.8 Å². The second-order valence-corrected chi connectivity index (χ2v) is 4.62. The van der Waals surface area contributed by atoms with E-state index >= 15 is 0 Å².